The smallest absolute Gasteiger partial charge is 0.312 e. The molecule has 3 amide bonds. The summed E-state index contributed by atoms with van der Waals surface area (Å²) in [4.78, 5) is 35.3. The van der Waals surface area contributed by atoms with Crippen molar-refractivity contribution in [1.82, 2.24) is 10.6 Å². The fraction of sp³-hybridized carbons (Fsp3) is 0.471. The quantitative estimate of drug-likeness (QED) is 0.668. The van der Waals surface area contributed by atoms with Gasteiger partial charge in [-0.1, -0.05) is 23.7 Å². The lowest BCUT2D eigenvalue weighted by Gasteiger charge is -2.24. The second-order valence-corrected chi connectivity index (χ2v) is 7.12. The maximum absolute atomic E-state index is 12.1. The van der Waals surface area contributed by atoms with Crippen molar-refractivity contribution in [1.29, 1.82) is 0 Å². The minimum atomic E-state index is -0.953. The van der Waals surface area contributed by atoms with Crippen molar-refractivity contribution in [2.24, 2.45) is 5.73 Å². The Hall–Kier alpha value is -2.28. The van der Waals surface area contributed by atoms with Gasteiger partial charge < -0.3 is 21.1 Å². The van der Waals surface area contributed by atoms with E-state index in [1.165, 1.54) is 6.92 Å². The van der Waals surface area contributed by atoms with E-state index in [1.807, 2.05) is 20.8 Å². The van der Waals surface area contributed by atoms with Crippen LogP contribution in [-0.4, -0.2) is 29.6 Å². The molecular weight excluding hydrogens is 346 g/mol. The van der Waals surface area contributed by atoms with Crippen LogP contribution in [0.3, 0.4) is 0 Å². The average molecular weight is 370 g/mol. The molecule has 7 nitrogen and oxygen atoms in total. The van der Waals surface area contributed by atoms with Crippen LogP contribution in [0, 0.1) is 0 Å². The van der Waals surface area contributed by atoms with E-state index < -0.39 is 35.6 Å². The Morgan fingerprint density at radius 3 is 2.24 bits per heavy atom. The second-order valence-electron chi connectivity index (χ2n) is 6.69. The Kier molecular flexibility index (Phi) is 7.23. The van der Waals surface area contributed by atoms with Crippen molar-refractivity contribution in [3.63, 3.8) is 0 Å². The van der Waals surface area contributed by atoms with Gasteiger partial charge in [0, 0.05) is 10.6 Å². The molecule has 0 saturated heterocycles. The summed E-state index contributed by atoms with van der Waals surface area (Å²) in [6, 6.07) is 5.17. The zero-order chi connectivity index (χ0) is 19.2. The molecule has 25 heavy (non-hydrogen) atoms. The Balaban J connectivity index is 2.73. The second kappa shape index (κ2) is 8.71. The van der Waals surface area contributed by atoms with Gasteiger partial charge in [-0.25, -0.2) is 4.79 Å². The van der Waals surface area contributed by atoms with Crippen LogP contribution in [-0.2, 0) is 14.3 Å². The average Bonchev–Trinajstić information content (AvgIpc) is 2.44. The molecule has 1 aromatic rings. The maximum Gasteiger partial charge on any atom is 0.312 e. The summed E-state index contributed by atoms with van der Waals surface area (Å²) >= 11 is 5.84. The molecule has 0 heterocycles. The standard InChI is InChI=1S/C17H24ClN3O4/c1-10(15(23)21-17(2,3)4)25-14(22)9-13(20-16(19)24)11-5-7-12(18)8-6-11/h5-8,10,13H,9H2,1-4H3,(H,21,23)(H3,19,20,24)/t10-,13-/m1/s1. The number of nitrogens with one attached hydrogen (secondary N) is 2. The molecule has 0 unspecified atom stereocenters. The summed E-state index contributed by atoms with van der Waals surface area (Å²) in [5.74, 6) is -1.03. The van der Waals surface area contributed by atoms with Gasteiger partial charge in [-0.15, -0.1) is 0 Å². The number of hydrogen-bond acceptors (Lipinski definition) is 4. The van der Waals surface area contributed by atoms with Gasteiger partial charge in [0.1, 0.15) is 0 Å². The number of rotatable bonds is 6. The topological polar surface area (TPSA) is 111 Å². The van der Waals surface area contributed by atoms with Crippen molar-refractivity contribution in [3.8, 4) is 0 Å². The number of hydrogen-bond donors (Lipinski definition) is 3. The maximum atomic E-state index is 12.1. The minimum absolute atomic E-state index is 0.169. The largest absolute Gasteiger partial charge is 0.452 e. The predicted octanol–water partition coefficient (Wildman–Crippen LogP) is 2.29. The van der Waals surface area contributed by atoms with Crippen LogP contribution >= 0.6 is 11.6 Å². The molecule has 0 aliphatic rings. The van der Waals surface area contributed by atoms with Crippen LogP contribution in [0.15, 0.2) is 24.3 Å². The summed E-state index contributed by atoms with van der Waals surface area (Å²) in [5.41, 5.74) is 5.37. The number of halogens is 1. The zero-order valence-electron chi connectivity index (χ0n) is 14.8. The fourth-order valence-electron chi connectivity index (χ4n) is 2.06. The van der Waals surface area contributed by atoms with Crippen molar-refractivity contribution < 1.29 is 19.1 Å². The zero-order valence-corrected chi connectivity index (χ0v) is 15.5. The van der Waals surface area contributed by atoms with E-state index in [1.54, 1.807) is 24.3 Å². The number of carbonyl (C=O) groups excluding carboxylic acids is 3. The Labute approximate surface area is 152 Å². The molecule has 0 aliphatic carbocycles. The summed E-state index contributed by atoms with van der Waals surface area (Å²) < 4.78 is 5.15. The summed E-state index contributed by atoms with van der Waals surface area (Å²) in [6.07, 6.45) is -1.12. The van der Waals surface area contributed by atoms with E-state index in [2.05, 4.69) is 10.6 Å². The van der Waals surface area contributed by atoms with Gasteiger partial charge in [0.05, 0.1) is 12.5 Å². The van der Waals surface area contributed by atoms with Gasteiger partial charge in [0.2, 0.25) is 0 Å². The number of amides is 3. The van der Waals surface area contributed by atoms with E-state index in [-0.39, 0.29) is 6.42 Å². The molecule has 138 valence electrons. The molecule has 1 aromatic carbocycles. The number of primary amides is 1. The van der Waals surface area contributed by atoms with Crippen LogP contribution in [0.4, 0.5) is 4.79 Å². The Morgan fingerprint density at radius 2 is 1.76 bits per heavy atom. The lowest BCUT2D eigenvalue weighted by molar-refractivity contribution is -0.155. The van der Waals surface area contributed by atoms with Crippen LogP contribution in [0.1, 0.15) is 45.7 Å². The number of urea groups is 1. The molecule has 0 bridgehead atoms. The highest BCUT2D eigenvalue weighted by Gasteiger charge is 2.24. The molecule has 0 spiro atoms. The van der Waals surface area contributed by atoms with E-state index in [0.717, 1.165) is 0 Å². The van der Waals surface area contributed by atoms with E-state index in [0.29, 0.717) is 10.6 Å². The summed E-state index contributed by atoms with van der Waals surface area (Å²) in [5, 5.41) is 5.73. The van der Waals surface area contributed by atoms with Gasteiger partial charge in [0.15, 0.2) is 6.10 Å². The van der Waals surface area contributed by atoms with Gasteiger partial charge in [0.25, 0.3) is 5.91 Å². The number of nitrogens with two attached hydrogens (primary N) is 1. The Morgan fingerprint density at radius 1 is 1.20 bits per heavy atom. The molecule has 0 aliphatic heterocycles. The van der Waals surface area contributed by atoms with Gasteiger partial charge in [-0.05, 0) is 45.4 Å². The third kappa shape index (κ3) is 7.89. The Bertz CT molecular complexity index is 626. The number of esters is 1. The first-order valence-corrected chi connectivity index (χ1v) is 8.18. The number of ether oxygens (including phenoxy) is 1. The molecule has 1 rings (SSSR count). The lowest BCUT2D eigenvalue weighted by atomic mass is 10.0. The van der Waals surface area contributed by atoms with Crippen LogP contribution in [0.25, 0.3) is 0 Å². The first-order chi connectivity index (χ1) is 11.5. The van der Waals surface area contributed by atoms with E-state index in [9.17, 15) is 14.4 Å². The number of carbonyl (C=O) groups is 3. The predicted molar refractivity (Wildman–Crippen MR) is 95.0 cm³/mol. The molecule has 0 radical (unpaired) electrons. The van der Waals surface area contributed by atoms with Gasteiger partial charge >= 0.3 is 12.0 Å². The normalized spacial score (nSPS) is 13.5. The highest BCUT2D eigenvalue weighted by molar-refractivity contribution is 6.30. The molecule has 0 fully saturated rings. The van der Waals surface area contributed by atoms with Gasteiger partial charge in [-0.3, -0.25) is 9.59 Å². The molecule has 8 heteroatoms. The van der Waals surface area contributed by atoms with Crippen molar-refractivity contribution in [3.05, 3.63) is 34.9 Å². The third-order valence-corrected chi connectivity index (χ3v) is 3.39. The minimum Gasteiger partial charge on any atom is -0.452 e. The van der Waals surface area contributed by atoms with Crippen LogP contribution in [0.2, 0.25) is 5.02 Å². The third-order valence-electron chi connectivity index (χ3n) is 3.14. The highest BCUT2D eigenvalue weighted by atomic mass is 35.5. The number of benzene rings is 1. The van der Waals surface area contributed by atoms with Gasteiger partial charge in [-0.2, -0.15) is 0 Å². The van der Waals surface area contributed by atoms with Crippen LogP contribution in [0.5, 0.6) is 0 Å². The first-order valence-electron chi connectivity index (χ1n) is 7.81. The van der Waals surface area contributed by atoms with E-state index in [4.69, 9.17) is 22.1 Å². The molecule has 0 saturated carbocycles. The lowest BCUT2D eigenvalue weighted by Crippen LogP contribution is -2.46. The molecule has 0 aromatic heterocycles. The van der Waals surface area contributed by atoms with E-state index >= 15 is 0 Å². The van der Waals surface area contributed by atoms with Crippen molar-refractivity contribution in [2.45, 2.75) is 51.8 Å². The monoisotopic (exact) mass is 369 g/mol. The summed E-state index contributed by atoms with van der Waals surface area (Å²) in [7, 11) is 0. The first kappa shape index (κ1) is 20.8. The molecule has 4 N–H and O–H groups in total. The summed E-state index contributed by atoms with van der Waals surface area (Å²) in [6.45, 7) is 6.96. The fourth-order valence-corrected chi connectivity index (χ4v) is 2.18. The SMILES string of the molecule is C[C@@H](OC(=O)C[C@@H](NC(N)=O)c1ccc(Cl)cc1)C(=O)NC(C)(C)C. The highest BCUT2D eigenvalue weighted by Crippen LogP contribution is 2.20. The molecular formula is C17H24ClN3O4. The molecule has 2 atom stereocenters. The van der Waals surface area contributed by atoms with Crippen molar-refractivity contribution in [2.75, 3.05) is 0 Å². The van der Waals surface area contributed by atoms with Crippen molar-refractivity contribution >= 4 is 29.5 Å². The van der Waals surface area contributed by atoms with Crippen LogP contribution < -0.4 is 16.4 Å².